The zero-order chi connectivity index (χ0) is 20.5. The van der Waals surface area contributed by atoms with Crippen molar-refractivity contribution in [1.29, 1.82) is 0 Å². The average molecular weight is 386 g/mol. The van der Waals surface area contributed by atoms with Gasteiger partial charge < -0.3 is 14.6 Å². The molecule has 1 saturated heterocycles. The third-order valence-electron chi connectivity index (χ3n) is 4.39. The number of carbonyl (C=O) groups excluding carboxylic acids is 3. The van der Waals surface area contributed by atoms with Gasteiger partial charge in [-0.05, 0) is 25.3 Å². The van der Waals surface area contributed by atoms with Crippen LogP contribution in [0.5, 0.6) is 0 Å². The lowest BCUT2D eigenvalue weighted by molar-refractivity contribution is -0.149. The molecule has 0 bridgehead atoms. The second-order valence-electron chi connectivity index (χ2n) is 7.40. The molecule has 0 saturated carbocycles. The molecule has 2 aromatic rings. The van der Waals surface area contributed by atoms with Crippen molar-refractivity contribution in [3.05, 3.63) is 35.7 Å². The van der Waals surface area contributed by atoms with Gasteiger partial charge in [-0.3, -0.25) is 14.5 Å². The number of hydrogen-bond donors (Lipinski definition) is 1. The van der Waals surface area contributed by atoms with Crippen molar-refractivity contribution < 1.29 is 23.6 Å². The van der Waals surface area contributed by atoms with E-state index in [1.807, 2.05) is 24.3 Å². The molecule has 3 rings (SSSR count). The molecule has 0 radical (unpaired) electrons. The molecule has 0 spiro atoms. The first kappa shape index (κ1) is 19.5. The van der Waals surface area contributed by atoms with Crippen LogP contribution in [0.25, 0.3) is 11.4 Å². The van der Waals surface area contributed by atoms with E-state index < -0.39 is 30.0 Å². The number of imide groups is 1. The summed E-state index contributed by atoms with van der Waals surface area (Å²) >= 11 is 0. The highest BCUT2D eigenvalue weighted by atomic mass is 16.6. The predicted octanol–water partition coefficient (Wildman–Crippen LogP) is 2.23. The summed E-state index contributed by atoms with van der Waals surface area (Å²) in [7, 11) is 0. The fourth-order valence-electron chi connectivity index (χ4n) is 2.73. The smallest absolute Gasteiger partial charge is 0.326 e. The standard InChI is InChI=1S/C19H22N4O5/c1-11(2)12-5-7-13(8-6-12)16-20-14(28-22-16)10-27-15(24)9-23-17(25)19(3,4)21-18(23)26/h5-8,11H,9-10H2,1-4H3,(H,21,26). The molecule has 9 nitrogen and oxygen atoms in total. The van der Waals surface area contributed by atoms with E-state index in [9.17, 15) is 14.4 Å². The molecule has 9 heteroatoms. The van der Waals surface area contributed by atoms with Gasteiger partial charge in [-0.25, -0.2) is 4.79 Å². The molecule has 0 aliphatic carbocycles. The van der Waals surface area contributed by atoms with Crippen molar-refractivity contribution in [1.82, 2.24) is 20.4 Å². The number of rotatable bonds is 6. The van der Waals surface area contributed by atoms with E-state index in [1.54, 1.807) is 13.8 Å². The predicted molar refractivity (Wildman–Crippen MR) is 97.9 cm³/mol. The summed E-state index contributed by atoms with van der Waals surface area (Å²) in [5.41, 5.74) is 0.946. The summed E-state index contributed by atoms with van der Waals surface area (Å²) in [6.45, 7) is 6.61. The molecule has 28 heavy (non-hydrogen) atoms. The van der Waals surface area contributed by atoms with Gasteiger partial charge in [-0.15, -0.1) is 0 Å². The minimum atomic E-state index is -1.04. The summed E-state index contributed by atoms with van der Waals surface area (Å²) in [4.78, 5) is 40.8. The SMILES string of the molecule is CC(C)c1ccc(-c2noc(COC(=O)CN3C(=O)NC(C)(C)C3=O)n2)cc1. The van der Waals surface area contributed by atoms with Gasteiger partial charge in [0.1, 0.15) is 12.1 Å². The molecule has 1 aliphatic heterocycles. The fraction of sp³-hybridized carbons (Fsp3) is 0.421. The Bertz CT molecular complexity index is 901. The zero-order valence-electron chi connectivity index (χ0n) is 16.2. The number of nitrogens with zero attached hydrogens (tertiary/aromatic N) is 3. The van der Waals surface area contributed by atoms with E-state index in [2.05, 4.69) is 29.3 Å². The Balaban J connectivity index is 1.56. The summed E-state index contributed by atoms with van der Waals surface area (Å²) < 4.78 is 10.1. The third kappa shape index (κ3) is 4.03. The lowest BCUT2D eigenvalue weighted by Gasteiger charge is -2.15. The van der Waals surface area contributed by atoms with E-state index >= 15 is 0 Å². The first-order valence-corrected chi connectivity index (χ1v) is 8.90. The maximum absolute atomic E-state index is 12.1. The normalized spacial score (nSPS) is 15.8. The average Bonchev–Trinajstić information content (AvgIpc) is 3.19. The first-order chi connectivity index (χ1) is 13.2. The molecular weight excluding hydrogens is 364 g/mol. The molecule has 1 N–H and O–H groups in total. The highest BCUT2D eigenvalue weighted by Gasteiger charge is 2.45. The third-order valence-corrected chi connectivity index (χ3v) is 4.39. The van der Waals surface area contributed by atoms with Gasteiger partial charge in [-0.2, -0.15) is 4.98 Å². The number of hydrogen-bond acceptors (Lipinski definition) is 7. The van der Waals surface area contributed by atoms with Crippen LogP contribution >= 0.6 is 0 Å². The van der Waals surface area contributed by atoms with Crippen molar-refractivity contribution in [2.24, 2.45) is 0 Å². The molecule has 3 amide bonds. The molecule has 0 unspecified atom stereocenters. The lowest BCUT2D eigenvalue weighted by atomic mass is 10.0. The van der Waals surface area contributed by atoms with Gasteiger partial charge in [0.05, 0.1) is 0 Å². The van der Waals surface area contributed by atoms with Crippen molar-refractivity contribution in [3.63, 3.8) is 0 Å². The number of nitrogens with one attached hydrogen (secondary N) is 1. The molecule has 1 fully saturated rings. The van der Waals surface area contributed by atoms with E-state index in [0.717, 1.165) is 10.5 Å². The second kappa shape index (κ2) is 7.41. The van der Waals surface area contributed by atoms with Gasteiger partial charge in [0.15, 0.2) is 6.61 Å². The van der Waals surface area contributed by atoms with E-state index in [-0.39, 0.29) is 12.5 Å². The Morgan fingerprint density at radius 1 is 1.25 bits per heavy atom. The van der Waals surface area contributed by atoms with Crippen LogP contribution in [0.4, 0.5) is 4.79 Å². The van der Waals surface area contributed by atoms with Crippen molar-refractivity contribution >= 4 is 17.9 Å². The summed E-state index contributed by atoms with van der Waals surface area (Å²) in [6, 6.07) is 7.16. The van der Waals surface area contributed by atoms with Crippen molar-refractivity contribution in [3.8, 4) is 11.4 Å². The van der Waals surface area contributed by atoms with Crippen LogP contribution in [0.15, 0.2) is 28.8 Å². The number of amides is 3. The molecule has 0 atom stereocenters. The number of esters is 1. The van der Waals surface area contributed by atoms with Gasteiger partial charge in [-0.1, -0.05) is 43.3 Å². The van der Waals surface area contributed by atoms with Crippen molar-refractivity contribution in [2.45, 2.75) is 45.8 Å². The quantitative estimate of drug-likeness (QED) is 0.598. The monoisotopic (exact) mass is 386 g/mol. The van der Waals surface area contributed by atoms with Gasteiger partial charge in [0.2, 0.25) is 5.82 Å². The van der Waals surface area contributed by atoms with Crippen LogP contribution in [0, 0.1) is 0 Å². The Morgan fingerprint density at radius 2 is 1.93 bits per heavy atom. The number of urea groups is 1. The number of ether oxygens (including phenoxy) is 1. The maximum Gasteiger partial charge on any atom is 0.326 e. The van der Waals surface area contributed by atoms with Gasteiger partial charge >= 0.3 is 12.0 Å². The zero-order valence-corrected chi connectivity index (χ0v) is 16.2. The molecule has 2 heterocycles. The van der Waals surface area contributed by atoms with Gasteiger partial charge in [0.25, 0.3) is 11.8 Å². The van der Waals surface area contributed by atoms with E-state index in [1.165, 1.54) is 5.56 Å². The minimum absolute atomic E-state index is 0.119. The largest absolute Gasteiger partial charge is 0.454 e. The van der Waals surface area contributed by atoms with Crippen LogP contribution in [0.2, 0.25) is 0 Å². The molecule has 1 aromatic carbocycles. The molecule has 1 aromatic heterocycles. The topological polar surface area (TPSA) is 115 Å². The number of benzene rings is 1. The minimum Gasteiger partial charge on any atom is -0.454 e. The summed E-state index contributed by atoms with van der Waals surface area (Å²) in [6.07, 6.45) is 0. The van der Waals surface area contributed by atoms with Crippen LogP contribution in [-0.4, -0.2) is 45.0 Å². The number of carbonyl (C=O) groups is 3. The molecule has 148 valence electrons. The van der Waals surface area contributed by atoms with Crippen LogP contribution in [0.1, 0.15) is 45.1 Å². The Labute approximate surface area is 162 Å². The first-order valence-electron chi connectivity index (χ1n) is 8.90. The lowest BCUT2D eigenvalue weighted by Crippen LogP contribution is -2.41. The second-order valence-corrected chi connectivity index (χ2v) is 7.40. The van der Waals surface area contributed by atoms with E-state index in [4.69, 9.17) is 9.26 Å². The highest BCUT2D eigenvalue weighted by Crippen LogP contribution is 2.21. The Kier molecular flexibility index (Phi) is 5.17. The number of aromatic nitrogens is 2. The summed E-state index contributed by atoms with van der Waals surface area (Å²) in [5.74, 6) is -0.308. The Hall–Kier alpha value is -3.23. The van der Waals surface area contributed by atoms with Crippen molar-refractivity contribution in [2.75, 3.05) is 6.54 Å². The van der Waals surface area contributed by atoms with E-state index in [0.29, 0.717) is 11.7 Å². The summed E-state index contributed by atoms with van der Waals surface area (Å²) in [5, 5.41) is 6.37. The van der Waals surface area contributed by atoms with Crippen LogP contribution in [0.3, 0.4) is 0 Å². The Morgan fingerprint density at radius 3 is 2.50 bits per heavy atom. The molecular formula is C19H22N4O5. The van der Waals surface area contributed by atoms with Crippen LogP contribution in [-0.2, 0) is 20.9 Å². The fourth-order valence-corrected chi connectivity index (χ4v) is 2.73. The highest BCUT2D eigenvalue weighted by molar-refractivity contribution is 6.08. The van der Waals surface area contributed by atoms with Gasteiger partial charge in [0, 0.05) is 5.56 Å². The van der Waals surface area contributed by atoms with Crippen LogP contribution < -0.4 is 5.32 Å². The molecule has 1 aliphatic rings. The maximum atomic E-state index is 12.1.